The molecule has 5 nitrogen and oxygen atoms in total. The summed E-state index contributed by atoms with van der Waals surface area (Å²) < 4.78 is 18.3. The van der Waals surface area contributed by atoms with E-state index in [-0.39, 0.29) is 42.4 Å². The van der Waals surface area contributed by atoms with Crippen molar-refractivity contribution in [1.82, 2.24) is 10.2 Å². The summed E-state index contributed by atoms with van der Waals surface area (Å²) in [6.07, 6.45) is 0. The van der Waals surface area contributed by atoms with Crippen LogP contribution in [0, 0.1) is 5.82 Å². The lowest BCUT2D eigenvalue weighted by molar-refractivity contribution is -0.137. The number of carbonyl (C=O) groups excluding carboxylic acids is 2. The van der Waals surface area contributed by atoms with E-state index in [0.717, 1.165) is 5.56 Å². The van der Waals surface area contributed by atoms with E-state index in [1.165, 1.54) is 17.0 Å². The van der Waals surface area contributed by atoms with Crippen LogP contribution in [0.1, 0.15) is 12.5 Å². The Labute approximate surface area is 167 Å². The van der Waals surface area contributed by atoms with E-state index in [1.54, 1.807) is 37.3 Å². The van der Waals surface area contributed by atoms with Crippen LogP contribution in [-0.2, 0) is 16.1 Å². The van der Waals surface area contributed by atoms with E-state index in [9.17, 15) is 14.0 Å². The van der Waals surface area contributed by atoms with Gasteiger partial charge < -0.3 is 15.0 Å². The van der Waals surface area contributed by atoms with Crippen molar-refractivity contribution >= 4 is 35.0 Å². The highest BCUT2D eigenvalue weighted by Gasteiger charge is 2.17. The monoisotopic (exact) mass is 412 g/mol. The number of carbonyl (C=O) groups is 2. The van der Waals surface area contributed by atoms with Crippen LogP contribution in [0.25, 0.3) is 0 Å². The third-order valence-corrected chi connectivity index (χ3v) is 4.54. The molecule has 0 bridgehead atoms. The van der Waals surface area contributed by atoms with Crippen molar-refractivity contribution in [1.29, 1.82) is 0 Å². The van der Waals surface area contributed by atoms with Crippen molar-refractivity contribution in [3.05, 3.63) is 63.9 Å². The first-order chi connectivity index (χ1) is 12.9. The lowest BCUT2D eigenvalue weighted by atomic mass is 10.2. The zero-order chi connectivity index (χ0) is 19.8. The third-order valence-electron chi connectivity index (χ3n) is 3.74. The fourth-order valence-electron chi connectivity index (χ4n) is 2.23. The van der Waals surface area contributed by atoms with Gasteiger partial charge in [-0.1, -0.05) is 41.4 Å². The van der Waals surface area contributed by atoms with Crippen LogP contribution in [0.3, 0.4) is 0 Å². The molecule has 0 unspecified atom stereocenters. The number of halogens is 3. The van der Waals surface area contributed by atoms with Crippen molar-refractivity contribution < 1.29 is 18.7 Å². The van der Waals surface area contributed by atoms with Gasteiger partial charge in [0, 0.05) is 13.1 Å². The number of rotatable bonds is 8. The molecule has 0 aromatic heterocycles. The molecule has 0 heterocycles. The van der Waals surface area contributed by atoms with Gasteiger partial charge in [-0.3, -0.25) is 9.59 Å². The lowest BCUT2D eigenvalue weighted by Gasteiger charge is -2.20. The SMILES string of the molecule is CCN(CC(=O)NCc1ccc(F)cc1)C(=O)COc1cccc(Cl)c1Cl. The van der Waals surface area contributed by atoms with Gasteiger partial charge in [-0.25, -0.2) is 4.39 Å². The number of nitrogens with zero attached hydrogens (tertiary/aromatic N) is 1. The maximum atomic E-state index is 12.9. The highest BCUT2D eigenvalue weighted by molar-refractivity contribution is 6.42. The number of amides is 2. The molecule has 0 fully saturated rings. The Kier molecular flexibility index (Phi) is 7.88. The molecule has 1 N–H and O–H groups in total. The van der Waals surface area contributed by atoms with Gasteiger partial charge in [0.1, 0.15) is 16.6 Å². The van der Waals surface area contributed by atoms with Crippen LogP contribution in [0.2, 0.25) is 10.0 Å². The predicted octanol–water partition coefficient (Wildman–Crippen LogP) is 3.68. The first kappa shape index (κ1) is 21.0. The largest absolute Gasteiger partial charge is 0.482 e. The number of likely N-dealkylation sites (N-methyl/N-ethyl adjacent to an activating group) is 1. The Morgan fingerprint density at radius 1 is 1.15 bits per heavy atom. The predicted molar refractivity (Wildman–Crippen MR) is 102 cm³/mol. The lowest BCUT2D eigenvalue weighted by Crippen LogP contribution is -2.42. The molecule has 0 spiro atoms. The van der Waals surface area contributed by atoms with Crippen molar-refractivity contribution in [2.24, 2.45) is 0 Å². The molecule has 2 amide bonds. The summed E-state index contributed by atoms with van der Waals surface area (Å²) in [5, 5.41) is 3.25. The second-order valence-corrected chi connectivity index (χ2v) is 6.44. The molecule has 0 atom stereocenters. The van der Waals surface area contributed by atoms with Crippen LogP contribution >= 0.6 is 23.2 Å². The molecular weight excluding hydrogens is 394 g/mol. The molecule has 2 rings (SSSR count). The molecule has 144 valence electrons. The van der Waals surface area contributed by atoms with E-state index in [4.69, 9.17) is 27.9 Å². The second-order valence-electron chi connectivity index (χ2n) is 5.65. The number of hydrogen-bond acceptors (Lipinski definition) is 3. The summed E-state index contributed by atoms with van der Waals surface area (Å²) in [5.41, 5.74) is 0.762. The normalized spacial score (nSPS) is 10.4. The van der Waals surface area contributed by atoms with Gasteiger partial charge in [-0.2, -0.15) is 0 Å². The van der Waals surface area contributed by atoms with Crippen LogP contribution in [-0.4, -0.2) is 36.4 Å². The summed E-state index contributed by atoms with van der Waals surface area (Å²) in [7, 11) is 0. The fraction of sp³-hybridized carbons (Fsp3) is 0.263. The Hall–Kier alpha value is -2.31. The molecule has 0 aliphatic heterocycles. The van der Waals surface area contributed by atoms with Gasteiger partial charge in [0.05, 0.1) is 11.6 Å². The quantitative estimate of drug-likeness (QED) is 0.719. The Balaban J connectivity index is 1.83. The van der Waals surface area contributed by atoms with Gasteiger partial charge in [0.2, 0.25) is 5.91 Å². The molecule has 0 aliphatic carbocycles. The Morgan fingerprint density at radius 3 is 2.52 bits per heavy atom. The first-order valence-corrected chi connectivity index (χ1v) is 9.02. The minimum atomic E-state index is -0.356. The zero-order valence-electron chi connectivity index (χ0n) is 14.7. The number of nitrogens with one attached hydrogen (secondary N) is 1. The highest BCUT2D eigenvalue weighted by Crippen LogP contribution is 2.31. The molecule has 2 aromatic carbocycles. The summed E-state index contributed by atoms with van der Waals surface area (Å²) in [6, 6.07) is 10.7. The van der Waals surface area contributed by atoms with Crippen LogP contribution in [0.4, 0.5) is 4.39 Å². The maximum Gasteiger partial charge on any atom is 0.260 e. The van der Waals surface area contributed by atoms with Crippen LogP contribution in [0.5, 0.6) is 5.75 Å². The Morgan fingerprint density at radius 2 is 1.85 bits per heavy atom. The van der Waals surface area contributed by atoms with Crippen molar-refractivity contribution in [2.75, 3.05) is 19.7 Å². The third kappa shape index (κ3) is 6.41. The minimum absolute atomic E-state index is 0.108. The zero-order valence-corrected chi connectivity index (χ0v) is 16.2. The average molecular weight is 413 g/mol. The van der Waals surface area contributed by atoms with Crippen LogP contribution in [0.15, 0.2) is 42.5 Å². The number of hydrogen-bond donors (Lipinski definition) is 1. The molecule has 8 heteroatoms. The average Bonchev–Trinajstić information content (AvgIpc) is 2.66. The molecule has 27 heavy (non-hydrogen) atoms. The topological polar surface area (TPSA) is 58.6 Å². The van der Waals surface area contributed by atoms with Gasteiger partial charge >= 0.3 is 0 Å². The van der Waals surface area contributed by atoms with Crippen molar-refractivity contribution in [3.63, 3.8) is 0 Å². The second kappa shape index (κ2) is 10.1. The fourth-order valence-corrected chi connectivity index (χ4v) is 2.58. The molecule has 0 saturated carbocycles. The Bertz CT molecular complexity index is 800. The van der Waals surface area contributed by atoms with E-state index >= 15 is 0 Å². The maximum absolute atomic E-state index is 12.9. The molecule has 0 radical (unpaired) electrons. The smallest absolute Gasteiger partial charge is 0.260 e. The van der Waals surface area contributed by atoms with E-state index in [0.29, 0.717) is 17.3 Å². The van der Waals surface area contributed by atoms with Gasteiger partial charge in [0.25, 0.3) is 5.91 Å². The summed E-state index contributed by atoms with van der Waals surface area (Å²) in [5.74, 6) is -0.720. The van der Waals surface area contributed by atoms with Crippen molar-refractivity contribution in [3.8, 4) is 5.75 Å². The number of benzene rings is 2. The first-order valence-electron chi connectivity index (χ1n) is 8.26. The minimum Gasteiger partial charge on any atom is -0.482 e. The summed E-state index contributed by atoms with van der Waals surface area (Å²) in [6.45, 7) is 1.98. The summed E-state index contributed by atoms with van der Waals surface area (Å²) in [4.78, 5) is 25.7. The summed E-state index contributed by atoms with van der Waals surface area (Å²) >= 11 is 11.9. The van der Waals surface area contributed by atoms with Crippen LogP contribution < -0.4 is 10.1 Å². The van der Waals surface area contributed by atoms with E-state index in [2.05, 4.69) is 5.32 Å². The van der Waals surface area contributed by atoms with Crippen molar-refractivity contribution in [2.45, 2.75) is 13.5 Å². The molecule has 0 saturated heterocycles. The number of ether oxygens (including phenoxy) is 1. The molecule has 0 aliphatic rings. The molecular formula is C19H19Cl2FN2O3. The standard InChI is InChI=1S/C19H19Cl2FN2O3/c1-2-24(11-17(25)23-10-13-6-8-14(22)9-7-13)18(26)12-27-16-5-3-4-15(20)19(16)21/h3-9H,2,10-12H2,1H3,(H,23,25). The molecule has 2 aromatic rings. The van der Waals surface area contributed by atoms with E-state index < -0.39 is 0 Å². The van der Waals surface area contributed by atoms with Gasteiger partial charge in [-0.15, -0.1) is 0 Å². The van der Waals surface area contributed by atoms with Gasteiger partial charge in [0.15, 0.2) is 6.61 Å². The highest BCUT2D eigenvalue weighted by atomic mass is 35.5. The van der Waals surface area contributed by atoms with E-state index in [1.807, 2.05) is 0 Å². The van der Waals surface area contributed by atoms with Gasteiger partial charge in [-0.05, 0) is 36.8 Å².